The summed E-state index contributed by atoms with van der Waals surface area (Å²) in [6.45, 7) is 1.96. The topological polar surface area (TPSA) is 50.2 Å². The molecule has 0 bridgehead atoms. The third-order valence-corrected chi connectivity index (χ3v) is 4.65. The van der Waals surface area contributed by atoms with Crippen molar-refractivity contribution in [3.05, 3.63) is 64.7 Å². The minimum absolute atomic E-state index is 0.183. The Morgan fingerprint density at radius 3 is 2.70 bits per heavy atom. The molecule has 1 aliphatic rings. The molecule has 0 radical (unpaired) electrons. The van der Waals surface area contributed by atoms with Crippen molar-refractivity contribution in [3.8, 4) is 0 Å². The number of nitrogens with zero attached hydrogens (tertiary/aromatic N) is 1. The lowest BCUT2D eigenvalue weighted by molar-refractivity contribution is 0.559. The van der Waals surface area contributed by atoms with Crippen LogP contribution in [0.5, 0.6) is 0 Å². The number of pyridine rings is 1. The minimum atomic E-state index is -2.04. The van der Waals surface area contributed by atoms with Gasteiger partial charge in [-0.3, -0.25) is 4.98 Å². The van der Waals surface area contributed by atoms with E-state index >= 15 is 0 Å². The number of halogens is 1. The molecule has 2 aromatic rings. The van der Waals surface area contributed by atoms with E-state index in [2.05, 4.69) is 4.98 Å². The zero-order chi connectivity index (χ0) is 16.4. The van der Waals surface area contributed by atoms with E-state index in [1.165, 1.54) is 11.6 Å². The molecule has 1 aromatic carbocycles. The molecule has 1 aromatic heterocycles. The second-order valence-electron chi connectivity index (χ2n) is 5.75. The summed E-state index contributed by atoms with van der Waals surface area (Å²) in [6.07, 6.45) is 2.87. The maximum atomic E-state index is 14.2. The first-order valence-electron chi connectivity index (χ1n) is 7.57. The fraction of sp³-hybridized carbons (Fsp3) is 0.278. The largest absolute Gasteiger partial charge is 0.306 e. The van der Waals surface area contributed by atoms with Gasteiger partial charge in [-0.25, -0.2) is 8.60 Å². The van der Waals surface area contributed by atoms with Crippen LogP contribution in [-0.2, 0) is 16.8 Å². The summed E-state index contributed by atoms with van der Waals surface area (Å²) in [5, 5.41) is 0. The fourth-order valence-electron chi connectivity index (χ4n) is 3.04. The highest BCUT2D eigenvalue weighted by Crippen LogP contribution is 2.39. The lowest BCUT2D eigenvalue weighted by Gasteiger charge is -2.10. The molecule has 1 heterocycles. The number of allylic oxidation sites excluding steroid dienone is 2. The maximum Gasteiger partial charge on any atom is 0.157 e. The molecule has 1 aliphatic carbocycles. The smallest absolute Gasteiger partial charge is 0.157 e. The van der Waals surface area contributed by atoms with Gasteiger partial charge in [0.05, 0.1) is 11.4 Å². The highest BCUT2D eigenvalue weighted by Gasteiger charge is 2.19. The first-order valence-corrected chi connectivity index (χ1v) is 8.84. The molecule has 1 N–H and O–H groups in total. The predicted octanol–water partition coefficient (Wildman–Crippen LogP) is 4.35. The molecule has 0 amide bonds. The van der Waals surface area contributed by atoms with Gasteiger partial charge in [-0.2, -0.15) is 0 Å². The minimum Gasteiger partial charge on any atom is -0.306 e. The molecule has 120 valence electrons. The van der Waals surface area contributed by atoms with Gasteiger partial charge in [-0.05, 0) is 61.1 Å². The normalized spacial score (nSPS) is 16.0. The zero-order valence-corrected chi connectivity index (χ0v) is 13.7. The molecule has 0 saturated heterocycles. The van der Waals surface area contributed by atoms with Crippen LogP contribution in [0.4, 0.5) is 4.39 Å². The van der Waals surface area contributed by atoms with E-state index in [0.29, 0.717) is 0 Å². The molecule has 0 saturated carbocycles. The number of aryl methyl sites for hydroxylation is 1. The van der Waals surface area contributed by atoms with Crippen LogP contribution >= 0.6 is 0 Å². The maximum absolute atomic E-state index is 14.2. The van der Waals surface area contributed by atoms with Crippen molar-refractivity contribution in [2.24, 2.45) is 0 Å². The summed E-state index contributed by atoms with van der Waals surface area (Å²) >= 11 is -2.04. The SMILES string of the molecule is Cc1cccc(C2=C(c3ccc(CS(=O)O)c(F)c3)CCC2)n1. The van der Waals surface area contributed by atoms with Crippen molar-refractivity contribution in [2.75, 3.05) is 0 Å². The monoisotopic (exact) mass is 331 g/mol. The van der Waals surface area contributed by atoms with E-state index in [1.54, 1.807) is 6.07 Å². The standard InChI is InChI=1S/C18H18FNO2S/c1-12-4-2-7-18(20-12)16-6-3-5-15(16)13-8-9-14(11-23(21)22)17(19)10-13/h2,4,7-10H,3,5-6,11H2,1H3,(H,21,22). The van der Waals surface area contributed by atoms with Gasteiger partial charge in [-0.1, -0.05) is 18.2 Å². The Morgan fingerprint density at radius 1 is 1.22 bits per heavy atom. The van der Waals surface area contributed by atoms with Gasteiger partial charge in [0.15, 0.2) is 11.1 Å². The lowest BCUT2D eigenvalue weighted by atomic mass is 9.98. The van der Waals surface area contributed by atoms with E-state index in [4.69, 9.17) is 4.55 Å². The number of hydrogen-bond donors (Lipinski definition) is 1. The second-order valence-corrected chi connectivity index (χ2v) is 6.68. The second kappa shape index (κ2) is 6.72. The molecule has 3 rings (SSSR count). The Bertz CT molecular complexity index is 801. The number of hydrogen-bond acceptors (Lipinski definition) is 2. The molecular weight excluding hydrogens is 313 g/mol. The molecular formula is C18H18FNO2S. The third-order valence-electron chi connectivity index (χ3n) is 4.10. The molecule has 1 atom stereocenters. The summed E-state index contributed by atoms with van der Waals surface area (Å²) in [5.74, 6) is -0.613. The number of aromatic nitrogens is 1. The fourth-order valence-corrected chi connectivity index (χ4v) is 3.54. The van der Waals surface area contributed by atoms with Crippen LogP contribution in [0.25, 0.3) is 11.1 Å². The van der Waals surface area contributed by atoms with Crippen molar-refractivity contribution < 1.29 is 13.2 Å². The predicted molar refractivity (Wildman–Crippen MR) is 90.5 cm³/mol. The van der Waals surface area contributed by atoms with E-state index in [-0.39, 0.29) is 11.3 Å². The first-order chi connectivity index (χ1) is 11.0. The molecule has 0 fully saturated rings. The quantitative estimate of drug-likeness (QED) is 0.848. The van der Waals surface area contributed by atoms with Crippen LogP contribution in [0.2, 0.25) is 0 Å². The average molecular weight is 331 g/mol. The Morgan fingerprint density at radius 2 is 2.00 bits per heavy atom. The molecule has 3 nitrogen and oxygen atoms in total. The van der Waals surface area contributed by atoms with Crippen LogP contribution in [-0.4, -0.2) is 13.7 Å². The van der Waals surface area contributed by atoms with Gasteiger partial charge < -0.3 is 4.55 Å². The molecule has 0 aliphatic heterocycles. The van der Waals surface area contributed by atoms with Crippen LogP contribution < -0.4 is 0 Å². The van der Waals surface area contributed by atoms with Crippen molar-refractivity contribution >= 4 is 22.2 Å². The summed E-state index contributed by atoms with van der Waals surface area (Å²) in [4.78, 5) is 4.59. The lowest BCUT2D eigenvalue weighted by Crippen LogP contribution is -1.98. The molecule has 0 spiro atoms. The Hall–Kier alpha value is -1.85. The summed E-state index contributed by atoms with van der Waals surface area (Å²) in [7, 11) is 0. The zero-order valence-electron chi connectivity index (χ0n) is 12.9. The Balaban J connectivity index is 2.00. The molecule has 23 heavy (non-hydrogen) atoms. The van der Waals surface area contributed by atoms with Crippen LogP contribution in [0.1, 0.15) is 41.8 Å². The van der Waals surface area contributed by atoms with E-state index in [9.17, 15) is 8.60 Å². The highest BCUT2D eigenvalue weighted by atomic mass is 32.2. The first kappa shape index (κ1) is 16.0. The van der Waals surface area contributed by atoms with Crippen LogP contribution in [0.15, 0.2) is 36.4 Å². The Kier molecular flexibility index (Phi) is 4.68. The van der Waals surface area contributed by atoms with E-state index < -0.39 is 16.9 Å². The van der Waals surface area contributed by atoms with Crippen LogP contribution in [0.3, 0.4) is 0 Å². The summed E-state index contributed by atoms with van der Waals surface area (Å²) < 4.78 is 33.9. The van der Waals surface area contributed by atoms with Gasteiger partial charge in [0, 0.05) is 11.3 Å². The average Bonchev–Trinajstić information content (AvgIpc) is 2.98. The van der Waals surface area contributed by atoms with Gasteiger partial charge in [0.25, 0.3) is 0 Å². The van der Waals surface area contributed by atoms with Gasteiger partial charge in [0.2, 0.25) is 0 Å². The summed E-state index contributed by atoms with van der Waals surface area (Å²) in [6, 6.07) is 10.8. The van der Waals surface area contributed by atoms with Crippen molar-refractivity contribution in [1.82, 2.24) is 4.98 Å². The number of benzene rings is 1. The highest BCUT2D eigenvalue weighted by molar-refractivity contribution is 7.78. The Labute approximate surface area is 137 Å². The van der Waals surface area contributed by atoms with Gasteiger partial charge in [-0.15, -0.1) is 0 Å². The van der Waals surface area contributed by atoms with Crippen molar-refractivity contribution in [2.45, 2.75) is 31.9 Å². The van der Waals surface area contributed by atoms with Gasteiger partial charge in [0.1, 0.15) is 5.82 Å². The molecule has 1 unspecified atom stereocenters. The molecule has 5 heteroatoms. The van der Waals surface area contributed by atoms with Crippen molar-refractivity contribution in [3.63, 3.8) is 0 Å². The van der Waals surface area contributed by atoms with E-state index in [1.807, 2.05) is 31.2 Å². The van der Waals surface area contributed by atoms with Gasteiger partial charge >= 0.3 is 0 Å². The summed E-state index contributed by atoms with van der Waals surface area (Å²) in [5.41, 5.74) is 5.33. The van der Waals surface area contributed by atoms with Crippen molar-refractivity contribution in [1.29, 1.82) is 0 Å². The number of rotatable bonds is 4. The third kappa shape index (κ3) is 3.57. The van der Waals surface area contributed by atoms with E-state index in [0.717, 1.165) is 41.8 Å². The van der Waals surface area contributed by atoms with Crippen LogP contribution in [0, 0.1) is 12.7 Å².